The van der Waals surface area contributed by atoms with E-state index in [4.69, 9.17) is 9.90 Å². The van der Waals surface area contributed by atoms with Crippen molar-refractivity contribution in [3.8, 4) is 0 Å². The summed E-state index contributed by atoms with van der Waals surface area (Å²) >= 11 is 0. The number of halogens is 2. The van der Waals surface area contributed by atoms with E-state index in [1.807, 2.05) is 6.92 Å². The Morgan fingerprint density at radius 1 is 1.29 bits per heavy atom. The van der Waals surface area contributed by atoms with Gasteiger partial charge in [0, 0.05) is 13.1 Å². The molecule has 0 aliphatic carbocycles. The lowest BCUT2D eigenvalue weighted by Gasteiger charge is -2.38. The summed E-state index contributed by atoms with van der Waals surface area (Å²) in [5, 5.41) is 6.89. The number of nitrogens with zero attached hydrogens (tertiary/aromatic N) is 2. The topological polar surface area (TPSA) is 77.9 Å². The molecule has 0 unspecified atom stereocenters. The normalized spacial score (nSPS) is 17.4. The second-order valence-electron chi connectivity index (χ2n) is 5.31. The molecule has 0 bridgehead atoms. The number of rotatable bonds is 4. The number of benzene rings is 1. The van der Waals surface area contributed by atoms with Crippen LogP contribution in [0.3, 0.4) is 0 Å². The monoisotopic (exact) mass is 342 g/mol. The molecule has 1 aromatic rings. The fourth-order valence-electron chi connectivity index (χ4n) is 2.46. The van der Waals surface area contributed by atoms with E-state index in [0.717, 1.165) is 18.6 Å². The van der Waals surface area contributed by atoms with Gasteiger partial charge in [-0.15, -0.1) is 0 Å². The molecule has 1 saturated heterocycles. The maximum Gasteiger partial charge on any atom is 0.290 e. The summed E-state index contributed by atoms with van der Waals surface area (Å²) in [6, 6.07) is 2.90. The molecular weight excluding hydrogens is 322 g/mol. The minimum atomic E-state index is -0.955. The quantitative estimate of drug-likeness (QED) is 0.844. The molecule has 2 amide bonds. The van der Waals surface area contributed by atoms with E-state index in [-0.39, 0.29) is 31.4 Å². The van der Waals surface area contributed by atoms with Crippen LogP contribution in [0, 0.1) is 11.6 Å². The first-order chi connectivity index (χ1) is 11.3. The van der Waals surface area contributed by atoms with E-state index in [1.54, 1.807) is 6.92 Å². The van der Waals surface area contributed by atoms with Crippen molar-refractivity contribution in [2.75, 3.05) is 13.1 Å². The summed E-state index contributed by atoms with van der Waals surface area (Å²) in [6.07, 6.45) is 0.787. The molecule has 1 aliphatic rings. The number of amides is 2. The summed E-state index contributed by atoms with van der Waals surface area (Å²) < 4.78 is 26.1. The number of carboxylic acid groups (broad SMARTS) is 1. The van der Waals surface area contributed by atoms with Crippen LogP contribution in [-0.2, 0) is 20.9 Å². The number of piperazine rings is 1. The molecule has 0 spiro atoms. The lowest BCUT2D eigenvalue weighted by atomic mass is 10.1. The van der Waals surface area contributed by atoms with Crippen LogP contribution in [0.4, 0.5) is 8.78 Å². The van der Waals surface area contributed by atoms with Crippen LogP contribution in [0.2, 0.25) is 0 Å². The molecule has 1 fully saturated rings. The highest BCUT2D eigenvalue weighted by molar-refractivity contribution is 5.94. The first-order valence-corrected chi connectivity index (χ1v) is 7.45. The molecule has 132 valence electrons. The Morgan fingerprint density at radius 3 is 2.46 bits per heavy atom. The van der Waals surface area contributed by atoms with E-state index in [2.05, 4.69) is 0 Å². The molecule has 1 heterocycles. The third kappa shape index (κ3) is 4.74. The Balaban J connectivity index is 0.000000891. The van der Waals surface area contributed by atoms with E-state index < -0.39 is 17.7 Å². The fourth-order valence-corrected chi connectivity index (χ4v) is 2.46. The Bertz CT molecular complexity index is 610. The maximum absolute atomic E-state index is 13.2. The van der Waals surface area contributed by atoms with Crippen molar-refractivity contribution in [1.29, 1.82) is 0 Å². The van der Waals surface area contributed by atoms with Crippen molar-refractivity contribution < 1.29 is 28.3 Å². The van der Waals surface area contributed by atoms with Crippen molar-refractivity contribution in [1.82, 2.24) is 9.80 Å². The van der Waals surface area contributed by atoms with Crippen LogP contribution < -0.4 is 0 Å². The average Bonchev–Trinajstić information content (AvgIpc) is 2.53. The molecule has 1 N–H and O–H groups in total. The molecule has 1 atom stereocenters. The molecule has 8 heteroatoms. The zero-order valence-electron chi connectivity index (χ0n) is 13.5. The van der Waals surface area contributed by atoms with Gasteiger partial charge in [-0.05, 0) is 31.0 Å². The van der Waals surface area contributed by atoms with Crippen LogP contribution in [0.1, 0.15) is 25.8 Å². The lowest BCUT2D eigenvalue weighted by Crippen LogP contribution is -2.58. The van der Waals surface area contributed by atoms with Crippen LogP contribution in [0.25, 0.3) is 0 Å². The van der Waals surface area contributed by atoms with Gasteiger partial charge < -0.3 is 14.9 Å². The third-order valence-electron chi connectivity index (χ3n) is 3.61. The zero-order chi connectivity index (χ0) is 18.3. The van der Waals surface area contributed by atoms with Gasteiger partial charge in [0.25, 0.3) is 6.47 Å². The number of carbonyl (C=O) groups excluding carboxylic acids is 2. The van der Waals surface area contributed by atoms with Crippen molar-refractivity contribution in [2.45, 2.75) is 32.9 Å². The predicted molar refractivity (Wildman–Crippen MR) is 81.9 cm³/mol. The summed E-state index contributed by atoms with van der Waals surface area (Å²) in [5.74, 6) is -2.18. The minimum Gasteiger partial charge on any atom is -0.483 e. The predicted octanol–water partition coefficient (Wildman–Crippen LogP) is 1.63. The Morgan fingerprint density at radius 2 is 1.92 bits per heavy atom. The number of hydrogen-bond acceptors (Lipinski definition) is 3. The number of hydrogen-bond donors (Lipinski definition) is 1. The fraction of sp³-hybridized carbons (Fsp3) is 0.438. The highest BCUT2D eigenvalue weighted by Crippen LogP contribution is 2.18. The van der Waals surface area contributed by atoms with Gasteiger partial charge in [-0.1, -0.05) is 13.0 Å². The largest absolute Gasteiger partial charge is 0.483 e. The lowest BCUT2D eigenvalue weighted by molar-refractivity contribution is -0.155. The van der Waals surface area contributed by atoms with Crippen LogP contribution in [0.15, 0.2) is 18.2 Å². The first kappa shape index (κ1) is 19.5. The Kier molecular flexibility index (Phi) is 7.29. The smallest absolute Gasteiger partial charge is 0.290 e. The van der Waals surface area contributed by atoms with Gasteiger partial charge in [0.05, 0.1) is 6.54 Å². The first-order valence-electron chi connectivity index (χ1n) is 7.45. The third-order valence-corrected chi connectivity index (χ3v) is 3.61. The van der Waals surface area contributed by atoms with E-state index in [1.165, 1.54) is 15.9 Å². The summed E-state index contributed by atoms with van der Waals surface area (Å²) in [7, 11) is 0. The van der Waals surface area contributed by atoms with Gasteiger partial charge in [0.1, 0.15) is 6.04 Å². The van der Waals surface area contributed by atoms with Gasteiger partial charge in [-0.25, -0.2) is 8.78 Å². The molecule has 0 radical (unpaired) electrons. The number of carbonyl (C=O) groups is 3. The second kappa shape index (κ2) is 8.95. The minimum absolute atomic E-state index is 0.0424. The standard InChI is InChI=1S/C15H18F2N2O2.CH2O2/c1-3-6-18-9-14(20)19(10(2)15(18)21)8-11-4-5-12(16)13(17)7-11;2-1-3/h4-5,7,10H,3,6,8-9H2,1-2H3;1H,(H,2,3)/t10-;/m1./s1. The van der Waals surface area contributed by atoms with Gasteiger partial charge in [0.15, 0.2) is 11.6 Å². The Hall–Kier alpha value is -2.51. The van der Waals surface area contributed by atoms with Crippen molar-refractivity contribution in [3.05, 3.63) is 35.4 Å². The SMILES string of the molecule is CCCN1CC(=O)N(Cc2ccc(F)c(F)c2)[C@H](C)C1=O.O=CO. The Labute approximate surface area is 138 Å². The molecule has 0 aromatic heterocycles. The van der Waals surface area contributed by atoms with E-state index in [9.17, 15) is 18.4 Å². The molecule has 2 rings (SSSR count). The van der Waals surface area contributed by atoms with Gasteiger partial charge >= 0.3 is 0 Å². The van der Waals surface area contributed by atoms with E-state index in [0.29, 0.717) is 12.1 Å². The van der Waals surface area contributed by atoms with Crippen molar-refractivity contribution in [2.24, 2.45) is 0 Å². The highest BCUT2D eigenvalue weighted by Gasteiger charge is 2.35. The molecule has 1 aliphatic heterocycles. The van der Waals surface area contributed by atoms with Crippen LogP contribution >= 0.6 is 0 Å². The maximum atomic E-state index is 13.2. The molecule has 6 nitrogen and oxygen atoms in total. The molecule has 1 aromatic carbocycles. The van der Waals surface area contributed by atoms with Crippen molar-refractivity contribution in [3.63, 3.8) is 0 Å². The van der Waals surface area contributed by atoms with Gasteiger partial charge in [-0.3, -0.25) is 14.4 Å². The highest BCUT2D eigenvalue weighted by atomic mass is 19.2. The van der Waals surface area contributed by atoms with Crippen LogP contribution in [-0.4, -0.2) is 52.3 Å². The molecule has 24 heavy (non-hydrogen) atoms. The van der Waals surface area contributed by atoms with Gasteiger partial charge in [-0.2, -0.15) is 0 Å². The van der Waals surface area contributed by atoms with E-state index >= 15 is 0 Å². The van der Waals surface area contributed by atoms with Crippen molar-refractivity contribution >= 4 is 18.3 Å². The summed E-state index contributed by atoms with van der Waals surface area (Å²) in [5.41, 5.74) is 0.464. The van der Waals surface area contributed by atoms with Gasteiger partial charge in [0.2, 0.25) is 11.8 Å². The zero-order valence-corrected chi connectivity index (χ0v) is 13.5. The van der Waals surface area contributed by atoms with Crippen LogP contribution in [0.5, 0.6) is 0 Å². The molecular formula is C16H20F2N2O4. The average molecular weight is 342 g/mol. The second-order valence-corrected chi connectivity index (χ2v) is 5.31. The molecule has 0 saturated carbocycles. The summed E-state index contributed by atoms with van der Waals surface area (Å²) in [6.45, 7) is 4.04. The summed E-state index contributed by atoms with van der Waals surface area (Å²) in [4.78, 5) is 35.6.